The lowest BCUT2D eigenvalue weighted by Crippen LogP contribution is -2.45. The molecule has 2 aliphatic rings. The molecular weight excluding hydrogens is 232 g/mol. The third-order valence-electron chi connectivity index (χ3n) is 4.19. The Kier molecular flexibility index (Phi) is 4.44. The highest BCUT2D eigenvalue weighted by molar-refractivity contribution is 5.74. The monoisotopic (exact) mass is 254 g/mol. The summed E-state index contributed by atoms with van der Waals surface area (Å²) in [6.07, 6.45) is 6.62. The molecule has 3 N–H and O–H groups in total. The fourth-order valence-electron chi connectivity index (χ4n) is 2.66. The van der Waals surface area contributed by atoms with E-state index in [1.165, 1.54) is 19.3 Å². The Bertz CT molecular complexity index is 307. The summed E-state index contributed by atoms with van der Waals surface area (Å²) >= 11 is 0. The standard InChI is InChI=1S/C13H22N2O3/c16-12(17)10-4-6-11(7-5-10)15-13(18)14-8-9-2-1-3-9/h9-11H,1-8H2,(H,16,17)(H2,14,15,18). The van der Waals surface area contributed by atoms with Gasteiger partial charge in [-0.15, -0.1) is 0 Å². The van der Waals surface area contributed by atoms with Crippen molar-refractivity contribution in [1.82, 2.24) is 10.6 Å². The van der Waals surface area contributed by atoms with E-state index >= 15 is 0 Å². The highest BCUT2D eigenvalue weighted by Gasteiger charge is 2.26. The highest BCUT2D eigenvalue weighted by Crippen LogP contribution is 2.25. The first-order chi connectivity index (χ1) is 8.65. The molecule has 0 aromatic heterocycles. The van der Waals surface area contributed by atoms with Gasteiger partial charge < -0.3 is 15.7 Å². The first-order valence-electron chi connectivity index (χ1n) is 6.92. The number of nitrogens with one attached hydrogen (secondary N) is 2. The molecule has 0 atom stereocenters. The summed E-state index contributed by atoms with van der Waals surface area (Å²) in [4.78, 5) is 22.4. The van der Waals surface area contributed by atoms with E-state index in [9.17, 15) is 9.59 Å². The molecular formula is C13H22N2O3. The van der Waals surface area contributed by atoms with E-state index in [1.54, 1.807) is 0 Å². The quantitative estimate of drug-likeness (QED) is 0.715. The third-order valence-corrected chi connectivity index (χ3v) is 4.19. The normalized spacial score (nSPS) is 28.2. The van der Waals surface area contributed by atoms with Gasteiger partial charge in [-0.2, -0.15) is 0 Å². The van der Waals surface area contributed by atoms with Gasteiger partial charge in [0.2, 0.25) is 0 Å². The minimum atomic E-state index is -0.706. The molecule has 5 heteroatoms. The summed E-state index contributed by atoms with van der Waals surface area (Å²) in [7, 11) is 0. The minimum absolute atomic E-state index is 0.0966. The molecule has 0 unspecified atom stereocenters. The number of hydrogen-bond acceptors (Lipinski definition) is 2. The van der Waals surface area contributed by atoms with Gasteiger partial charge in [-0.05, 0) is 44.4 Å². The smallest absolute Gasteiger partial charge is 0.315 e. The Balaban J connectivity index is 1.61. The largest absolute Gasteiger partial charge is 0.481 e. The Morgan fingerprint density at radius 2 is 1.72 bits per heavy atom. The number of carbonyl (C=O) groups excluding carboxylic acids is 1. The summed E-state index contributed by atoms with van der Waals surface area (Å²) in [5.41, 5.74) is 0. The van der Waals surface area contributed by atoms with Gasteiger partial charge in [0.15, 0.2) is 0 Å². The maximum absolute atomic E-state index is 11.6. The number of aliphatic carboxylic acids is 1. The second-order valence-corrected chi connectivity index (χ2v) is 5.54. The van der Waals surface area contributed by atoms with Gasteiger partial charge in [0.1, 0.15) is 0 Å². The first-order valence-corrected chi connectivity index (χ1v) is 6.92. The lowest BCUT2D eigenvalue weighted by molar-refractivity contribution is -0.142. The van der Waals surface area contributed by atoms with E-state index < -0.39 is 5.97 Å². The molecule has 2 fully saturated rings. The van der Waals surface area contributed by atoms with Gasteiger partial charge in [-0.1, -0.05) is 6.42 Å². The zero-order chi connectivity index (χ0) is 13.0. The predicted octanol–water partition coefficient (Wildman–Crippen LogP) is 1.73. The van der Waals surface area contributed by atoms with Crippen molar-refractivity contribution >= 4 is 12.0 Å². The van der Waals surface area contributed by atoms with Crippen LogP contribution in [0.3, 0.4) is 0 Å². The van der Waals surface area contributed by atoms with Crippen molar-refractivity contribution in [2.24, 2.45) is 11.8 Å². The number of carboxylic acid groups (broad SMARTS) is 1. The zero-order valence-electron chi connectivity index (χ0n) is 10.7. The van der Waals surface area contributed by atoms with Crippen LogP contribution in [0, 0.1) is 11.8 Å². The van der Waals surface area contributed by atoms with E-state index in [1.807, 2.05) is 0 Å². The first kappa shape index (κ1) is 13.2. The summed E-state index contributed by atoms with van der Waals surface area (Å²) in [5, 5.41) is 14.7. The molecule has 0 spiro atoms. The molecule has 0 heterocycles. The van der Waals surface area contributed by atoms with Crippen molar-refractivity contribution in [2.45, 2.75) is 51.0 Å². The van der Waals surface area contributed by atoms with Crippen LogP contribution in [0.25, 0.3) is 0 Å². The molecule has 0 saturated heterocycles. The molecule has 0 aromatic rings. The fourth-order valence-corrected chi connectivity index (χ4v) is 2.66. The molecule has 0 radical (unpaired) electrons. The van der Waals surface area contributed by atoms with Crippen molar-refractivity contribution in [1.29, 1.82) is 0 Å². The topological polar surface area (TPSA) is 78.4 Å². The number of hydrogen-bond donors (Lipinski definition) is 3. The summed E-state index contributed by atoms with van der Waals surface area (Å²) < 4.78 is 0. The fraction of sp³-hybridized carbons (Fsp3) is 0.846. The van der Waals surface area contributed by atoms with Crippen molar-refractivity contribution in [3.63, 3.8) is 0 Å². The van der Waals surface area contributed by atoms with Gasteiger partial charge in [0.05, 0.1) is 5.92 Å². The molecule has 5 nitrogen and oxygen atoms in total. The number of rotatable bonds is 4. The number of carboxylic acids is 1. The van der Waals surface area contributed by atoms with Crippen molar-refractivity contribution < 1.29 is 14.7 Å². The van der Waals surface area contributed by atoms with E-state index in [0.717, 1.165) is 19.4 Å². The minimum Gasteiger partial charge on any atom is -0.481 e. The molecule has 0 aromatic carbocycles. The lowest BCUT2D eigenvalue weighted by atomic mass is 9.85. The Hall–Kier alpha value is -1.26. The van der Waals surface area contributed by atoms with Crippen molar-refractivity contribution in [2.75, 3.05) is 6.54 Å². The Labute approximate surface area is 107 Å². The molecule has 2 aliphatic carbocycles. The molecule has 2 amide bonds. The molecule has 0 bridgehead atoms. The van der Waals surface area contributed by atoms with Crippen LogP contribution in [0.4, 0.5) is 4.79 Å². The molecule has 0 aliphatic heterocycles. The van der Waals surface area contributed by atoms with E-state index in [-0.39, 0.29) is 18.0 Å². The summed E-state index contributed by atoms with van der Waals surface area (Å²) in [6.45, 7) is 0.774. The average Bonchev–Trinajstić information content (AvgIpc) is 2.27. The molecule has 18 heavy (non-hydrogen) atoms. The highest BCUT2D eigenvalue weighted by atomic mass is 16.4. The third kappa shape index (κ3) is 3.62. The van der Waals surface area contributed by atoms with Crippen LogP contribution in [0.2, 0.25) is 0 Å². The van der Waals surface area contributed by atoms with Gasteiger partial charge in [0.25, 0.3) is 0 Å². The molecule has 102 valence electrons. The Morgan fingerprint density at radius 3 is 2.22 bits per heavy atom. The van der Waals surface area contributed by atoms with Gasteiger partial charge in [0, 0.05) is 12.6 Å². The van der Waals surface area contributed by atoms with Crippen molar-refractivity contribution in [3.05, 3.63) is 0 Å². The maximum atomic E-state index is 11.6. The van der Waals surface area contributed by atoms with Crippen LogP contribution in [0.1, 0.15) is 44.9 Å². The summed E-state index contributed by atoms with van der Waals surface area (Å²) in [6, 6.07) is 0.0441. The average molecular weight is 254 g/mol. The van der Waals surface area contributed by atoms with Crippen LogP contribution >= 0.6 is 0 Å². The van der Waals surface area contributed by atoms with E-state index in [2.05, 4.69) is 10.6 Å². The molecule has 2 saturated carbocycles. The zero-order valence-corrected chi connectivity index (χ0v) is 10.7. The Morgan fingerprint density at radius 1 is 1.06 bits per heavy atom. The number of amides is 2. The van der Waals surface area contributed by atoms with E-state index in [4.69, 9.17) is 5.11 Å². The number of urea groups is 1. The van der Waals surface area contributed by atoms with E-state index in [0.29, 0.717) is 18.8 Å². The van der Waals surface area contributed by atoms with Crippen LogP contribution in [0.5, 0.6) is 0 Å². The van der Waals surface area contributed by atoms with Gasteiger partial charge in [-0.25, -0.2) is 4.79 Å². The second kappa shape index (κ2) is 6.07. The van der Waals surface area contributed by atoms with Crippen LogP contribution < -0.4 is 10.6 Å². The molecule has 2 rings (SSSR count). The van der Waals surface area contributed by atoms with Gasteiger partial charge >= 0.3 is 12.0 Å². The van der Waals surface area contributed by atoms with Gasteiger partial charge in [-0.3, -0.25) is 4.79 Å². The van der Waals surface area contributed by atoms with Crippen LogP contribution in [-0.2, 0) is 4.79 Å². The number of carbonyl (C=O) groups is 2. The lowest BCUT2D eigenvalue weighted by Gasteiger charge is -2.28. The second-order valence-electron chi connectivity index (χ2n) is 5.54. The van der Waals surface area contributed by atoms with Crippen LogP contribution in [0.15, 0.2) is 0 Å². The maximum Gasteiger partial charge on any atom is 0.315 e. The SMILES string of the molecule is O=C(NCC1CCC1)NC1CCC(C(=O)O)CC1. The predicted molar refractivity (Wildman–Crippen MR) is 67.3 cm³/mol. The van der Waals surface area contributed by atoms with Crippen molar-refractivity contribution in [3.8, 4) is 0 Å². The summed E-state index contributed by atoms with van der Waals surface area (Å²) in [5.74, 6) is -0.262. The van der Waals surface area contributed by atoms with Crippen LogP contribution in [-0.4, -0.2) is 29.7 Å².